The second-order valence-electron chi connectivity index (χ2n) is 6.61. The number of nitrogens with zero attached hydrogens (tertiary/aromatic N) is 1. The van der Waals surface area contributed by atoms with Gasteiger partial charge < -0.3 is 20.7 Å². The van der Waals surface area contributed by atoms with Gasteiger partial charge in [-0.15, -0.1) is 0 Å². The molecular weight excluding hydrogens is 266 g/mol. The normalized spacial score (nSPS) is 13.1. The first-order valence-corrected chi connectivity index (χ1v) is 7.03. The van der Waals surface area contributed by atoms with Crippen molar-refractivity contribution < 1.29 is 9.53 Å². The van der Waals surface area contributed by atoms with Gasteiger partial charge in [0.2, 0.25) is 5.91 Å². The van der Waals surface area contributed by atoms with Crippen LogP contribution < -0.4 is 15.8 Å². The first-order valence-electron chi connectivity index (χ1n) is 7.03. The van der Waals surface area contributed by atoms with Crippen LogP contribution in [0.5, 0.6) is 5.75 Å². The van der Waals surface area contributed by atoms with Gasteiger partial charge in [0.1, 0.15) is 5.75 Å². The Bertz CT molecular complexity index is 493. The summed E-state index contributed by atoms with van der Waals surface area (Å²) >= 11 is 0. The summed E-state index contributed by atoms with van der Waals surface area (Å²) in [6, 6.07) is 5.18. The molecule has 1 rings (SSSR count). The van der Waals surface area contributed by atoms with E-state index in [-0.39, 0.29) is 11.3 Å². The molecule has 0 bridgehead atoms. The summed E-state index contributed by atoms with van der Waals surface area (Å²) in [6.07, 6.45) is 0. The fourth-order valence-electron chi connectivity index (χ4n) is 1.92. The van der Waals surface area contributed by atoms with Gasteiger partial charge in [-0.2, -0.15) is 0 Å². The van der Waals surface area contributed by atoms with Crippen molar-refractivity contribution in [1.82, 2.24) is 4.90 Å². The second-order valence-corrected chi connectivity index (χ2v) is 6.61. The number of benzene rings is 1. The Morgan fingerprint density at radius 1 is 1.38 bits per heavy atom. The highest BCUT2D eigenvalue weighted by Crippen LogP contribution is 2.27. The molecule has 0 aliphatic carbocycles. The van der Waals surface area contributed by atoms with E-state index < -0.39 is 6.04 Å². The highest BCUT2D eigenvalue weighted by molar-refractivity contribution is 5.96. The van der Waals surface area contributed by atoms with Crippen LogP contribution in [0.25, 0.3) is 0 Å². The number of carbonyl (C=O) groups is 1. The lowest BCUT2D eigenvalue weighted by Gasteiger charge is -2.26. The van der Waals surface area contributed by atoms with E-state index in [0.29, 0.717) is 11.4 Å². The lowest BCUT2D eigenvalue weighted by molar-refractivity contribution is -0.119. The lowest BCUT2D eigenvalue weighted by atomic mass is 9.87. The zero-order valence-electron chi connectivity index (χ0n) is 13.9. The molecule has 0 aliphatic rings. The minimum absolute atomic E-state index is 0.206. The van der Waals surface area contributed by atoms with Gasteiger partial charge in [0, 0.05) is 6.54 Å². The van der Waals surface area contributed by atoms with Crippen molar-refractivity contribution in [3.63, 3.8) is 0 Å². The molecule has 0 radical (unpaired) electrons. The highest BCUT2D eigenvalue weighted by Gasteiger charge is 2.28. The number of nitrogens with one attached hydrogen (secondary N) is 1. The fraction of sp³-hybridized carbons (Fsp3) is 0.562. The highest BCUT2D eigenvalue weighted by atomic mass is 16.5. The Labute approximate surface area is 127 Å². The average molecular weight is 293 g/mol. The Balaban J connectivity index is 2.97. The smallest absolute Gasteiger partial charge is 0.241 e. The summed E-state index contributed by atoms with van der Waals surface area (Å²) < 4.78 is 5.30. The molecule has 0 aliphatic heterocycles. The second kappa shape index (κ2) is 6.91. The third-order valence-electron chi connectivity index (χ3n) is 3.24. The van der Waals surface area contributed by atoms with Gasteiger partial charge in [-0.05, 0) is 37.2 Å². The van der Waals surface area contributed by atoms with E-state index in [1.165, 1.54) is 0 Å². The third-order valence-corrected chi connectivity index (χ3v) is 3.24. The predicted octanol–water partition coefficient (Wildman–Crippen LogP) is 2.07. The zero-order valence-corrected chi connectivity index (χ0v) is 13.9. The number of nitrogens with two attached hydrogens (primary N) is 1. The van der Waals surface area contributed by atoms with Crippen LogP contribution in [0.2, 0.25) is 0 Å². The Hall–Kier alpha value is -1.59. The number of amides is 1. The van der Waals surface area contributed by atoms with Gasteiger partial charge >= 0.3 is 0 Å². The topological polar surface area (TPSA) is 67.6 Å². The first kappa shape index (κ1) is 17.5. The monoisotopic (exact) mass is 293 g/mol. The van der Waals surface area contributed by atoms with E-state index in [1.54, 1.807) is 7.11 Å². The largest absolute Gasteiger partial charge is 0.495 e. The van der Waals surface area contributed by atoms with Crippen LogP contribution in [0.4, 0.5) is 5.69 Å². The van der Waals surface area contributed by atoms with E-state index in [4.69, 9.17) is 10.5 Å². The molecule has 118 valence electrons. The van der Waals surface area contributed by atoms with Crippen LogP contribution >= 0.6 is 0 Å². The molecule has 0 aromatic heterocycles. The Morgan fingerprint density at radius 2 is 2.00 bits per heavy atom. The van der Waals surface area contributed by atoms with Crippen molar-refractivity contribution in [1.29, 1.82) is 0 Å². The van der Waals surface area contributed by atoms with Crippen LogP contribution in [-0.2, 0) is 11.3 Å². The zero-order chi connectivity index (χ0) is 16.2. The molecule has 21 heavy (non-hydrogen) atoms. The van der Waals surface area contributed by atoms with Crippen LogP contribution in [-0.4, -0.2) is 38.1 Å². The summed E-state index contributed by atoms with van der Waals surface area (Å²) in [6.45, 7) is 6.61. The molecule has 1 aromatic carbocycles. The molecule has 1 amide bonds. The number of carbonyl (C=O) groups excluding carboxylic acids is 1. The van der Waals surface area contributed by atoms with E-state index in [9.17, 15) is 4.79 Å². The molecule has 0 saturated heterocycles. The van der Waals surface area contributed by atoms with Crippen molar-refractivity contribution in [3.8, 4) is 5.75 Å². The van der Waals surface area contributed by atoms with Crippen LogP contribution in [0.1, 0.15) is 26.3 Å². The van der Waals surface area contributed by atoms with Crippen molar-refractivity contribution in [2.24, 2.45) is 11.1 Å². The average Bonchev–Trinajstić information content (AvgIpc) is 2.36. The van der Waals surface area contributed by atoms with Gasteiger partial charge in [0.25, 0.3) is 0 Å². The van der Waals surface area contributed by atoms with Gasteiger partial charge in [-0.3, -0.25) is 4.79 Å². The molecule has 1 atom stereocenters. The maximum Gasteiger partial charge on any atom is 0.241 e. The third kappa shape index (κ3) is 5.02. The first-order chi connectivity index (χ1) is 9.65. The summed E-state index contributed by atoms with van der Waals surface area (Å²) in [5.74, 6) is 0.426. The number of hydrogen-bond acceptors (Lipinski definition) is 4. The maximum absolute atomic E-state index is 12.3. The molecule has 0 fully saturated rings. The quantitative estimate of drug-likeness (QED) is 0.872. The molecule has 1 unspecified atom stereocenters. The summed E-state index contributed by atoms with van der Waals surface area (Å²) in [7, 11) is 5.58. The minimum atomic E-state index is -0.584. The molecule has 5 nitrogen and oxygen atoms in total. The Kier molecular flexibility index (Phi) is 5.75. The number of anilines is 1. The van der Waals surface area contributed by atoms with Crippen molar-refractivity contribution >= 4 is 11.6 Å². The fourth-order valence-corrected chi connectivity index (χ4v) is 1.92. The van der Waals surface area contributed by atoms with E-state index in [1.807, 2.05) is 53.1 Å². The molecule has 1 aromatic rings. The van der Waals surface area contributed by atoms with Gasteiger partial charge in [0.05, 0.1) is 18.8 Å². The molecule has 5 heteroatoms. The molecule has 3 N–H and O–H groups in total. The standard InChI is InChI=1S/C16H27N3O2/c1-16(2,3)14(17)15(20)18-12-9-11(10-19(4)5)7-8-13(12)21-6/h7-9,14H,10,17H2,1-6H3,(H,18,20). The maximum atomic E-state index is 12.3. The number of methoxy groups -OCH3 is 1. The van der Waals surface area contributed by atoms with Gasteiger partial charge in [-0.25, -0.2) is 0 Å². The SMILES string of the molecule is COc1ccc(CN(C)C)cc1NC(=O)C(N)C(C)(C)C. The van der Waals surface area contributed by atoms with E-state index in [2.05, 4.69) is 10.2 Å². The van der Waals surface area contributed by atoms with Crippen LogP contribution in [0, 0.1) is 5.41 Å². The molecule has 0 heterocycles. The number of ether oxygens (including phenoxy) is 1. The molecular formula is C16H27N3O2. The van der Waals surface area contributed by atoms with Gasteiger partial charge in [-0.1, -0.05) is 26.8 Å². The van der Waals surface area contributed by atoms with Crippen LogP contribution in [0.3, 0.4) is 0 Å². The summed E-state index contributed by atoms with van der Waals surface area (Å²) in [4.78, 5) is 14.3. The predicted molar refractivity (Wildman–Crippen MR) is 86.4 cm³/mol. The molecule has 0 spiro atoms. The van der Waals surface area contributed by atoms with Crippen molar-refractivity contribution in [2.75, 3.05) is 26.5 Å². The van der Waals surface area contributed by atoms with Gasteiger partial charge in [0.15, 0.2) is 0 Å². The minimum Gasteiger partial charge on any atom is -0.495 e. The van der Waals surface area contributed by atoms with Crippen molar-refractivity contribution in [2.45, 2.75) is 33.4 Å². The lowest BCUT2D eigenvalue weighted by Crippen LogP contribution is -2.45. The van der Waals surface area contributed by atoms with Crippen LogP contribution in [0.15, 0.2) is 18.2 Å². The number of hydrogen-bond donors (Lipinski definition) is 2. The summed E-state index contributed by atoms with van der Waals surface area (Å²) in [5, 5.41) is 2.87. The summed E-state index contributed by atoms with van der Waals surface area (Å²) in [5.41, 5.74) is 7.45. The number of rotatable bonds is 5. The van der Waals surface area contributed by atoms with E-state index >= 15 is 0 Å². The Morgan fingerprint density at radius 3 is 2.48 bits per heavy atom. The molecule has 0 saturated carbocycles. The van der Waals surface area contributed by atoms with Crippen molar-refractivity contribution in [3.05, 3.63) is 23.8 Å². The van der Waals surface area contributed by atoms with E-state index in [0.717, 1.165) is 12.1 Å².